The summed E-state index contributed by atoms with van der Waals surface area (Å²) in [7, 11) is 0. The van der Waals surface area contributed by atoms with E-state index >= 15 is 0 Å². The number of esters is 1. The van der Waals surface area contributed by atoms with Crippen LogP contribution in [0.2, 0.25) is 0 Å². The third-order valence-corrected chi connectivity index (χ3v) is 9.29. The Hall–Kier alpha value is -4.29. The summed E-state index contributed by atoms with van der Waals surface area (Å²) in [5.74, 6) is -3.33. The average molecular weight is 643 g/mol. The zero-order valence-corrected chi connectivity index (χ0v) is 24.8. The minimum Gasteiger partial charge on any atom is -0.542 e. The van der Waals surface area contributed by atoms with Crippen LogP contribution in [0.4, 0.5) is 23.2 Å². The molecular formula is C33H30F4N2O5S. The number of carbonyl (C=O) groups excluding carboxylic acids is 3. The van der Waals surface area contributed by atoms with Gasteiger partial charge in [-0.25, -0.2) is 9.18 Å². The van der Waals surface area contributed by atoms with Crippen LogP contribution in [0.5, 0.6) is 0 Å². The first-order valence-electron chi connectivity index (χ1n) is 14.3. The zero-order chi connectivity index (χ0) is 32.2. The van der Waals surface area contributed by atoms with Crippen LogP contribution in [0.25, 0.3) is 10.1 Å². The largest absolute Gasteiger partial charge is 0.542 e. The second kappa shape index (κ2) is 13.4. The number of Topliss-reactive ketones (excluding diaryl/α,β-unsaturated/α-hetero) is 1. The Kier molecular flexibility index (Phi) is 9.54. The summed E-state index contributed by atoms with van der Waals surface area (Å²) in [5.41, 5.74) is 2.07. The number of carbonyl (C=O) groups is 3. The number of thiophene rings is 1. The lowest BCUT2D eigenvalue weighted by atomic mass is 9.82. The number of hydrogen-bond donors (Lipinski definition) is 1. The average Bonchev–Trinajstić information content (AvgIpc) is 3.44. The van der Waals surface area contributed by atoms with Gasteiger partial charge >= 0.3 is 12.1 Å². The summed E-state index contributed by atoms with van der Waals surface area (Å²) in [4.78, 5) is 35.7. The summed E-state index contributed by atoms with van der Waals surface area (Å²) in [5, 5.41) is 15.0. The van der Waals surface area contributed by atoms with Crippen LogP contribution >= 0.6 is 11.3 Å². The molecular weight excluding hydrogens is 612 g/mol. The predicted molar refractivity (Wildman–Crippen MR) is 159 cm³/mol. The Morgan fingerprint density at radius 2 is 1.64 bits per heavy atom. The molecule has 1 N–H and O–H groups in total. The number of benzene rings is 3. The third kappa shape index (κ3) is 7.69. The van der Waals surface area contributed by atoms with Crippen LogP contribution in [0.1, 0.15) is 34.8 Å². The number of fused-ring (bicyclic) bond motifs is 4. The number of carboxylic acids is 1. The summed E-state index contributed by atoms with van der Waals surface area (Å²) < 4.78 is 53.5. The summed E-state index contributed by atoms with van der Waals surface area (Å²) >= 11 is 1.57. The first kappa shape index (κ1) is 32.1. The number of hydrogen-bond acceptors (Lipinski definition) is 7. The Morgan fingerprint density at radius 1 is 0.978 bits per heavy atom. The van der Waals surface area contributed by atoms with Crippen molar-refractivity contribution in [2.75, 3.05) is 31.5 Å². The minimum absolute atomic E-state index is 0.131. The Bertz CT molecular complexity index is 1670. The van der Waals surface area contributed by atoms with Gasteiger partial charge in [-0.3, -0.25) is 4.79 Å². The molecule has 4 heterocycles. The number of quaternary nitrogens is 1. The van der Waals surface area contributed by atoms with E-state index in [4.69, 9.17) is 14.6 Å². The number of piperidine rings is 3. The maximum absolute atomic E-state index is 14.0. The zero-order valence-electron chi connectivity index (χ0n) is 24.0. The van der Waals surface area contributed by atoms with E-state index in [-0.39, 0.29) is 23.7 Å². The molecule has 2 bridgehead atoms. The number of anilines is 1. The SMILES string of the molecule is O=C(C[N+]12CCC(CC1)[C@@H](OC(=O)C(Nc1cccc(F)c1)c1csc3ccccc13)C2)c1ccccc1.O=C([O-])C(F)(F)F. The molecule has 4 aromatic rings. The van der Waals surface area contributed by atoms with Crippen LogP contribution in [-0.2, 0) is 14.3 Å². The molecule has 0 spiro atoms. The van der Waals surface area contributed by atoms with Gasteiger partial charge in [0.25, 0.3) is 0 Å². The monoisotopic (exact) mass is 642 g/mol. The molecule has 1 aromatic heterocycles. The van der Waals surface area contributed by atoms with Crippen molar-refractivity contribution in [3.63, 3.8) is 0 Å². The highest BCUT2D eigenvalue weighted by Crippen LogP contribution is 2.38. The molecule has 2 atom stereocenters. The molecule has 12 heteroatoms. The van der Waals surface area contributed by atoms with Crippen molar-refractivity contribution in [3.8, 4) is 0 Å². The summed E-state index contributed by atoms with van der Waals surface area (Å²) in [6.45, 7) is 2.92. The Labute approximate surface area is 260 Å². The molecule has 7 nitrogen and oxygen atoms in total. The second-order valence-electron chi connectivity index (χ2n) is 11.3. The standard InChI is InChI=1S/C31H30FN2O3S.C2HF3O2/c32-23-9-6-10-24(17-23)33-30(26-20-38-29-12-5-4-11-25(26)29)31(36)37-28-19-34(15-13-22(28)14-16-34)18-27(35)21-7-2-1-3-8-21;3-2(4,5)1(6)7/h1-12,17,20,22,28,30,33H,13-16,18-19H2;(H,6,7)/q+1;/p-1/t22?,28-,30?,34?;/m0./s1. The first-order chi connectivity index (χ1) is 21.4. The molecule has 3 aliphatic heterocycles. The number of ketones is 1. The fraction of sp³-hybridized carbons (Fsp3) is 0.303. The maximum Gasteiger partial charge on any atom is 0.430 e. The van der Waals surface area contributed by atoms with E-state index in [9.17, 15) is 27.2 Å². The quantitative estimate of drug-likeness (QED) is 0.118. The lowest BCUT2D eigenvalue weighted by Gasteiger charge is -2.51. The highest BCUT2D eigenvalue weighted by Gasteiger charge is 2.49. The lowest BCUT2D eigenvalue weighted by molar-refractivity contribution is -0.938. The molecule has 3 fully saturated rings. The van der Waals surface area contributed by atoms with E-state index in [0.29, 0.717) is 29.2 Å². The molecule has 0 radical (unpaired) electrons. The van der Waals surface area contributed by atoms with Gasteiger partial charge in [0.05, 0.1) is 13.1 Å². The molecule has 0 amide bonds. The third-order valence-electron chi connectivity index (χ3n) is 8.31. The van der Waals surface area contributed by atoms with Crippen LogP contribution in [-0.4, -0.2) is 60.7 Å². The van der Waals surface area contributed by atoms with E-state index in [1.807, 2.05) is 60.0 Å². The predicted octanol–water partition coefficient (Wildman–Crippen LogP) is 5.53. The second-order valence-corrected chi connectivity index (χ2v) is 12.2. The topological polar surface area (TPSA) is 95.5 Å². The molecule has 3 aromatic carbocycles. The van der Waals surface area contributed by atoms with Crippen molar-refractivity contribution in [1.82, 2.24) is 0 Å². The minimum atomic E-state index is -5.19. The number of nitrogens with zero attached hydrogens (tertiary/aromatic N) is 1. The highest BCUT2D eigenvalue weighted by atomic mass is 32.1. The number of carboxylic acid groups (broad SMARTS) is 1. The molecule has 236 valence electrons. The van der Waals surface area contributed by atoms with Crippen molar-refractivity contribution in [3.05, 3.63) is 101 Å². The number of halogens is 4. The van der Waals surface area contributed by atoms with Gasteiger partial charge in [-0.15, -0.1) is 11.3 Å². The number of alkyl halides is 3. The van der Waals surface area contributed by atoms with E-state index in [1.165, 1.54) is 12.1 Å². The summed E-state index contributed by atoms with van der Waals surface area (Å²) in [6, 6.07) is 22.7. The molecule has 7 rings (SSSR count). The van der Waals surface area contributed by atoms with Crippen LogP contribution < -0.4 is 10.4 Å². The fourth-order valence-corrected chi connectivity index (χ4v) is 7.03. The van der Waals surface area contributed by atoms with E-state index < -0.39 is 18.2 Å². The van der Waals surface area contributed by atoms with Gasteiger partial charge < -0.3 is 24.4 Å². The molecule has 3 aliphatic rings. The molecule has 0 aliphatic carbocycles. The van der Waals surface area contributed by atoms with Gasteiger partial charge in [0.1, 0.15) is 24.9 Å². The maximum atomic E-state index is 14.0. The van der Waals surface area contributed by atoms with Crippen LogP contribution in [0.3, 0.4) is 0 Å². The van der Waals surface area contributed by atoms with E-state index in [0.717, 1.165) is 47.1 Å². The van der Waals surface area contributed by atoms with Gasteiger partial charge in [-0.2, -0.15) is 13.2 Å². The van der Waals surface area contributed by atoms with Crippen molar-refractivity contribution >= 4 is 44.8 Å². The highest BCUT2D eigenvalue weighted by molar-refractivity contribution is 7.17. The first-order valence-corrected chi connectivity index (χ1v) is 15.2. The van der Waals surface area contributed by atoms with Crippen molar-refractivity contribution in [2.45, 2.75) is 31.2 Å². The van der Waals surface area contributed by atoms with E-state index in [2.05, 4.69) is 5.32 Å². The normalized spacial score (nSPS) is 21.3. The smallest absolute Gasteiger partial charge is 0.430 e. The van der Waals surface area contributed by atoms with Gasteiger partial charge in [0, 0.05) is 40.3 Å². The summed E-state index contributed by atoms with van der Waals surface area (Å²) in [6.07, 6.45) is -3.58. The lowest BCUT2D eigenvalue weighted by Crippen LogP contribution is -2.65. The van der Waals surface area contributed by atoms with Crippen LogP contribution in [0, 0.1) is 11.7 Å². The van der Waals surface area contributed by atoms with Gasteiger partial charge in [0.15, 0.2) is 12.1 Å². The van der Waals surface area contributed by atoms with Gasteiger partial charge in [0.2, 0.25) is 5.78 Å². The van der Waals surface area contributed by atoms with Crippen LogP contribution in [0.15, 0.2) is 84.2 Å². The van der Waals surface area contributed by atoms with Crippen molar-refractivity contribution in [1.29, 1.82) is 0 Å². The Morgan fingerprint density at radius 3 is 2.31 bits per heavy atom. The molecule has 45 heavy (non-hydrogen) atoms. The number of nitrogens with one attached hydrogen (secondary N) is 1. The van der Waals surface area contributed by atoms with Gasteiger partial charge in [-0.1, -0.05) is 54.6 Å². The van der Waals surface area contributed by atoms with E-state index in [1.54, 1.807) is 23.5 Å². The number of aliphatic carboxylic acids is 1. The molecule has 1 unspecified atom stereocenters. The molecule has 0 saturated carbocycles. The van der Waals surface area contributed by atoms with Gasteiger partial charge in [-0.05, 0) is 35.0 Å². The van der Waals surface area contributed by atoms with Crippen molar-refractivity contribution in [2.24, 2.45) is 5.92 Å². The number of rotatable bonds is 8. The number of ether oxygens (including phenoxy) is 1. The molecule has 3 saturated heterocycles. The fourth-order valence-electron chi connectivity index (χ4n) is 6.04. The Balaban J connectivity index is 0.000000515. The van der Waals surface area contributed by atoms with Crippen molar-refractivity contribution < 1.29 is 46.3 Å².